The van der Waals surface area contributed by atoms with Crippen molar-refractivity contribution in [2.75, 3.05) is 37.4 Å². The van der Waals surface area contributed by atoms with E-state index in [9.17, 15) is 9.59 Å². The molecule has 2 aromatic rings. The molecule has 0 saturated heterocycles. The second-order valence-electron chi connectivity index (χ2n) is 8.17. The molecule has 0 atom stereocenters. The molecule has 30 heavy (non-hydrogen) atoms. The van der Waals surface area contributed by atoms with Gasteiger partial charge >= 0.3 is 6.03 Å². The number of aryl methyl sites for hydroxylation is 1. The maximum atomic E-state index is 13.3. The zero-order chi connectivity index (χ0) is 22.3. The SMILES string of the molecule is CCNC(=O)Nc1ccc(N(C)C)c(CN(CC(C)C)C(=O)c2cccc(C)c2)c1. The van der Waals surface area contributed by atoms with Gasteiger partial charge in [0.15, 0.2) is 0 Å². The van der Waals surface area contributed by atoms with Crippen molar-refractivity contribution in [1.82, 2.24) is 10.2 Å². The Hall–Kier alpha value is -3.02. The standard InChI is InChI=1S/C24H34N4O2/c1-7-25-24(30)26-21-11-12-22(27(5)6)20(14-21)16-28(15-17(2)3)23(29)19-10-8-9-18(4)13-19/h8-14,17H,7,15-16H2,1-6H3,(H2,25,26,30). The van der Waals surface area contributed by atoms with Gasteiger partial charge < -0.3 is 20.4 Å². The molecule has 0 radical (unpaired) electrons. The summed E-state index contributed by atoms with van der Waals surface area (Å²) in [5, 5.41) is 5.60. The monoisotopic (exact) mass is 410 g/mol. The van der Waals surface area contributed by atoms with Crippen LogP contribution in [0.25, 0.3) is 0 Å². The van der Waals surface area contributed by atoms with E-state index in [1.807, 2.05) is 80.2 Å². The van der Waals surface area contributed by atoms with Gasteiger partial charge in [0.1, 0.15) is 0 Å². The fourth-order valence-electron chi connectivity index (χ4n) is 3.39. The molecule has 0 spiro atoms. The second-order valence-corrected chi connectivity index (χ2v) is 8.17. The van der Waals surface area contributed by atoms with Crippen LogP contribution in [0.4, 0.5) is 16.2 Å². The Bertz CT molecular complexity index is 877. The van der Waals surface area contributed by atoms with E-state index in [1.54, 1.807) is 0 Å². The van der Waals surface area contributed by atoms with Crippen LogP contribution in [-0.4, -0.2) is 44.0 Å². The fourth-order valence-corrected chi connectivity index (χ4v) is 3.39. The Morgan fingerprint density at radius 2 is 1.80 bits per heavy atom. The Balaban J connectivity index is 2.36. The van der Waals surface area contributed by atoms with Gasteiger partial charge in [-0.25, -0.2) is 4.79 Å². The normalized spacial score (nSPS) is 10.6. The van der Waals surface area contributed by atoms with Crippen LogP contribution in [0, 0.1) is 12.8 Å². The van der Waals surface area contributed by atoms with Crippen LogP contribution in [0.2, 0.25) is 0 Å². The highest BCUT2D eigenvalue weighted by atomic mass is 16.2. The van der Waals surface area contributed by atoms with E-state index < -0.39 is 0 Å². The van der Waals surface area contributed by atoms with Crippen LogP contribution in [-0.2, 0) is 6.54 Å². The first-order valence-electron chi connectivity index (χ1n) is 10.4. The van der Waals surface area contributed by atoms with Gasteiger partial charge in [0.2, 0.25) is 0 Å². The molecule has 2 aromatic carbocycles. The van der Waals surface area contributed by atoms with E-state index in [1.165, 1.54) is 0 Å². The first-order valence-corrected chi connectivity index (χ1v) is 10.4. The topological polar surface area (TPSA) is 64.7 Å². The zero-order valence-corrected chi connectivity index (χ0v) is 19.0. The number of hydrogen-bond donors (Lipinski definition) is 2. The van der Waals surface area contributed by atoms with E-state index in [4.69, 9.17) is 0 Å². The molecule has 0 bridgehead atoms. The lowest BCUT2D eigenvalue weighted by Crippen LogP contribution is -2.34. The molecule has 0 heterocycles. The van der Waals surface area contributed by atoms with Gasteiger partial charge in [0, 0.05) is 50.7 Å². The fraction of sp³-hybridized carbons (Fsp3) is 0.417. The van der Waals surface area contributed by atoms with Crippen molar-refractivity contribution < 1.29 is 9.59 Å². The van der Waals surface area contributed by atoms with Crippen LogP contribution >= 0.6 is 0 Å². The lowest BCUT2D eigenvalue weighted by Gasteiger charge is -2.28. The summed E-state index contributed by atoms with van der Waals surface area (Å²) in [5.41, 5.74) is 4.46. The molecule has 6 nitrogen and oxygen atoms in total. The summed E-state index contributed by atoms with van der Waals surface area (Å²) in [6, 6.07) is 13.3. The molecule has 3 amide bonds. The highest BCUT2D eigenvalue weighted by Gasteiger charge is 2.20. The number of amides is 3. The van der Waals surface area contributed by atoms with E-state index in [0.29, 0.717) is 36.8 Å². The molecule has 162 valence electrons. The number of carbonyl (C=O) groups excluding carboxylic acids is 2. The smallest absolute Gasteiger partial charge is 0.319 e. The van der Waals surface area contributed by atoms with Crippen molar-refractivity contribution in [2.24, 2.45) is 5.92 Å². The molecule has 0 aliphatic carbocycles. The number of carbonyl (C=O) groups is 2. The van der Waals surface area contributed by atoms with Crippen molar-refractivity contribution in [3.63, 3.8) is 0 Å². The van der Waals surface area contributed by atoms with Crippen LogP contribution in [0.15, 0.2) is 42.5 Å². The lowest BCUT2D eigenvalue weighted by molar-refractivity contribution is 0.0723. The molecule has 0 fully saturated rings. The van der Waals surface area contributed by atoms with E-state index in [2.05, 4.69) is 24.5 Å². The molecule has 2 N–H and O–H groups in total. The number of urea groups is 1. The van der Waals surface area contributed by atoms with Crippen LogP contribution in [0.1, 0.15) is 42.3 Å². The van der Waals surface area contributed by atoms with Gasteiger partial charge in [0.25, 0.3) is 5.91 Å². The average molecular weight is 411 g/mol. The Labute approximate surface area is 180 Å². The first-order chi connectivity index (χ1) is 14.2. The number of anilines is 2. The molecule has 6 heteroatoms. The maximum absolute atomic E-state index is 13.3. The third-order valence-electron chi connectivity index (χ3n) is 4.66. The highest BCUT2D eigenvalue weighted by molar-refractivity contribution is 5.94. The Morgan fingerprint density at radius 1 is 1.07 bits per heavy atom. The van der Waals surface area contributed by atoms with E-state index in [0.717, 1.165) is 16.8 Å². The third-order valence-corrected chi connectivity index (χ3v) is 4.66. The molecule has 2 rings (SSSR count). The summed E-state index contributed by atoms with van der Waals surface area (Å²) in [6.07, 6.45) is 0. The van der Waals surface area contributed by atoms with Crippen molar-refractivity contribution >= 4 is 23.3 Å². The summed E-state index contributed by atoms with van der Waals surface area (Å²) in [7, 11) is 3.95. The summed E-state index contributed by atoms with van der Waals surface area (Å²) in [5.74, 6) is 0.345. The van der Waals surface area contributed by atoms with Gasteiger partial charge in [-0.2, -0.15) is 0 Å². The summed E-state index contributed by atoms with van der Waals surface area (Å²) in [4.78, 5) is 29.1. The minimum atomic E-state index is -0.240. The predicted octanol–water partition coefficient (Wildman–Crippen LogP) is 4.50. The largest absolute Gasteiger partial charge is 0.377 e. The molecular formula is C24H34N4O2. The third kappa shape index (κ3) is 6.51. The maximum Gasteiger partial charge on any atom is 0.319 e. The predicted molar refractivity (Wildman–Crippen MR) is 124 cm³/mol. The highest BCUT2D eigenvalue weighted by Crippen LogP contribution is 2.25. The van der Waals surface area contributed by atoms with Crippen LogP contribution in [0.3, 0.4) is 0 Å². The van der Waals surface area contributed by atoms with Gasteiger partial charge in [-0.15, -0.1) is 0 Å². The quantitative estimate of drug-likeness (QED) is 0.673. The van der Waals surface area contributed by atoms with Crippen molar-refractivity contribution in [1.29, 1.82) is 0 Å². The van der Waals surface area contributed by atoms with Crippen molar-refractivity contribution in [3.8, 4) is 0 Å². The number of hydrogen-bond acceptors (Lipinski definition) is 3. The molecule has 0 saturated carbocycles. The number of benzene rings is 2. The van der Waals surface area contributed by atoms with Gasteiger partial charge in [-0.3, -0.25) is 4.79 Å². The zero-order valence-electron chi connectivity index (χ0n) is 19.0. The summed E-state index contributed by atoms with van der Waals surface area (Å²) < 4.78 is 0. The van der Waals surface area contributed by atoms with Crippen molar-refractivity contribution in [2.45, 2.75) is 34.2 Å². The minimum absolute atomic E-state index is 0.0131. The van der Waals surface area contributed by atoms with Gasteiger partial charge in [-0.1, -0.05) is 31.5 Å². The molecule has 0 aromatic heterocycles. The summed E-state index contributed by atoms with van der Waals surface area (Å²) >= 11 is 0. The van der Waals surface area contributed by atoms with E-state index >= 15 is 0 Å². The molecule has 0 aliphatic rings. The average Bonchev–Trinajstić information content (AvgIpc) is 2.66. The Kier molecular flexibility index (Phi) is 8.27. The van der Waals surface area contributed by atoms with E-state index in [-0.39, 0.29) is 11.9 Å². The number of nitrogens with one attached hydrogen (secondary N) is 2. The Morgan fingerprint density at radius 3 is 2.40 bits per heavy atom. The second kappa shape index (κ2) is 10.7. The van der Waals surface area contributed by atoms with Crippen molar-refractivity contribution in [3.05, 3.63) is 59.2 Å². The molecule has 0 unspecified atom stereocenters. The lowest BCUT2D eigenvalue weighted by atomic mass is 10.1. The van der Waals surface area contributed by atoms with Crippen LogP contribution in [0.5, 0.6) is 0 Å². The van der Waals surface area contributed by atoms with Gasteiger partial charge in [0.05, 0.1) is 0 Å². The first kappa shape index (κ1) is 23.3. The van der Waals surface area contributed by atoms with Gasteiger partial charge in [-0.05, 0) is 55.7 Å². The van der Waals surface area contributed by atoms with Crippen LogP contribution < -0.4 is 15.5 Å². The number of nitrogens with zero attached hydrogens (tertiary/aromatic N) is 2. The number of rotatable bonds is 8. The molecular weight excluding hydrogens is 376 g/mol. The minimum Gasteiger partial charge on any atom is -0.377 e. The molecule has 0 aliphatic heterocycles. The summed E-state index contributed by atoms with van der Waals surface area (Å²) in [6.45, 7) is 9.75.